The molecule has 26 heavy (non-hydrogen) atoms. The molecule has 8 heteroatoms. The van der Waals surface area contributed by atoms with E-state index in [0.717, 1.165) is 5.69 Å². The molecule has 7 nitrogen and oxygen atoms in total. The first-order valence-corrected chi connectivity index (χ1v) is 9.01. The molecule has 2 heterocycles. The van der Waals surface area contributed by atoms with E-state index < -0.39 is 12.0 Å². The fraction of sp³-hybridized carbons (Fsp3) is 0.167. The van der Waals surface area contributed by atoms with Crippen LogP contribution in [0.4, 0.5) is 0 Å². The number of fused-ring (bicyclic) bond motifs is 1. The van der Waals surface area contributed by atoms with Crippen molar-refractivity contribution in [1.29, 1.82) is 0 Å². The van der Waals surface area contributed by atoms with Crippen LogP contribution in [0.3, 0.4) is 0 Å². The molecule has 0 fully saturated rings. The van der Waals surface area contributed by atoms with Gasteiger partial charge in [0.2, 0.25) is 5.91 Å². The third-order valence-electron chi connectivity index (χ3n) is 3.81. The second-order valence-electron chi connectivity index (χ2n) is 5.63. The van der Waals surface area contributed by atoms with Crippen molar-refractivity contribution < 1.29 is 14.3 Å². The Morgan fingerprint density at radius 3 is 2.62 bits per heavy atom. The van der Waals surface area contributed by atoms with E-state index >= 15 is 0 Å². The van der Waals surface area contributed by atoms with Crippen molar-refractivity contribution in [3.63, 3.8) is 0 Å². The predicted octanol–water partition coefficient (Wildman–Crippen LogP) is 2.36. The van der Waals surface area contributed by atoms with Crippen molar-refractivity contribution in [3.05, 3.63) is 60.4 Å². The number of nitrogens with zero attached hydrogens (tertiary/aromatic N) is 3. The maximum atomic E-state index is 11.2. The maximum absolute atomic E-state index is 11.2. The number of carbonyl (C=O) groups is 1. The van der Waals surface area contributed by atoms with Gasteiger partial charge < -0.3 is 15.2 Å². The second kappa shape index (κ2) is 7.09. The average Bonchev–Trinajstić information content (AvgIpc) is 3.10. The zero-order valence-electron chi connectivity index (χ0n) is 13.7. The van der Waals surface area contributed by atoms with E-state index in [1.54, 1.807) is 0 Å². The van der Waals surface area contributed by atoms with E-state index in [-0.39, 0.29) is 5.75 Å². The van der Waals surface area contributed by atoms with E-state index in [1.807, 2.05) is 59.2 Å². The summed E-state index contributed by atoms with van der Waals surface area (Å²) in [7, 11) is 0. The molecule has 1 aromatic heterocycles. The van der Waals surface area contributed by atoms with Crippen molar-refractivity contribution >= 4 is 17.7 Å². The molecular formula is C18H16N4O3S. The van der Waals surface area contributed by atoms with Crippen LogP contribution in [0.1, 0.15) is 11.9 Å². The molecule has 0 saturated carbocycles. The van der Waals surface area contributed by atoms with Gasteiger partial charge >= 0.3 is 0 Å². The third kappa shape index (κ3) is 3.23. The molecule has 4 rings (SSSR count). The molecule has 0 unspecified atom stereocenters. The molecule has 132 valence electrons. The largest absolute Gasteiger partial charge is 0.485 e. The SMILES string of the molecule is NC(=O)CSc1nnc([C@H]2COc3ccccc3O2)n1-c1ccccc1. The Hall–Kier alpha value is -3.00. The van der Waals surface area contributed by atoms with Gasteiger partial charge in [-0.05, 0) is 24.3 Å². The van der Waals surface area contributed by atoms with Gasteiger partial charge in [-0.1, -0.05) is 42.1 Å². The summed E-state index contributed by atoms with van der Waals surface area (Å²) >= 11 is 1.24. The smallest absolute Gasteiger partial charge is 0.227 e. The number of primary amides is 1. The molecule has 0 radical (unpaired) electrons. The first kappa shape index (κ1) is 16.5. The monoisotopic (exact) mass is 368 g/mol. The summed E-state index contributed by atoms with van der Waals surface area (Å²) in [5.74, 6) is 1.69. The van der Waals surface area contributed by atoms with Crippen LogP contribution in [-0.4, -0.2) is 33.0 Å². The summed E-state index contributed by atoms with van der Waals surface area (Å²) in [6.07, 6.45) is -0.416. The Kier molecular flexibility index (Phi) is 4.49. The summed E-state index contributed by atoms with van der Waals surface area (Å²) in [4.78, 5) is 11.2. The normalized spacial score (nSPS) is 15.6. The summed E-state index contributed by atoms with van der Waals surface area (Å²) in [6.45, 7) is 0.322. The molecule has 0 saturated heterocycles. The number of aromatic nitrogens is 3. The lowest BCUT2D eigenvalue weighted by Gasteiger charge is -2.26. The summed E-state index contributed by atoms with van der Waals surface area (Å²) in [5, 5.41) is 9.11. The number of benzene rings is 2. The molecule has 2 aromatic carbocycles. The number of carbonyl (C=O) groups excluding carboxylic acids is 1. The second-order valence-corrected chi connectivity index (χ2v) is 6.57. The number of nitrogens with two attached hydrogens (primary N) is 1. The first-order chi connectivity index (χ1) is 12.7. The number of ether oxygens (including phenoxy) is 2. The molecule has 0 aliphatic carbocycles. The molecule has 1 amide bonds. The van der Waals surface area contributed by atoms with Gasteiger partial charge in [-0.3, -0.25) is 9.36 Å². The highest BCUT2D eigenvalue weighted by Crippen LogP contribution is 2.36. The maximum Gasteiger partial charge on any atom is 0.227 e. The quantitative estimate of drug-likeness (QED) is 0.695. The Morgan fingerprint density at radius 2 is 1.85 bits per heavy atom. The number of hydrogen-bond donors (Lipinski definition) is 1. The highest BCUT2D eigenvalue weighted by Gasteiger charge is 2.29. The van der Waals surface area contributed by atoms with Crippen LogP contribution in [0.25, 0.3) is 5.69 Å². The Balaban J connectivity index is 1.71. The number of hydrogen-bond acceptors (Lipinski definition) is 6. The fourth-order valence-electron chi connectivity index (χ4n) is 2.69. The van der Waals surface area contributed by atoms with Crippen molar-refractivity contribution in [1.82, 2.24) is 14.8 Å². The molecule has 2 N–H and O–H groups in total. The van der Waals surface area contributed by atoms with Crippen LogP contribution in [-0.2, 0) is 4.79 Å². The number of para-hydroxylation sites is 3. The molecule has 0 bridgehead atoms. The third-order valence-corrected chi connectivity index (χ3v) is 4.76. The lowest BCUT2D eigenvalue weighted by molar-refractivity contribution is -0.115. The van der Waals surface area contributed by atoms with Crippen LogP contribution >= 0.6 is 11.8 Å². The van der Waals surface area contributed by atoms with Crippen LogP contribution < -0.4 is 15.2 Å². The Bertz CT molecular complexity index is 929. The zero-order chi connectivity index (χ0) is 17.9. The number of rotatable bonds is 5. The van der Waals surface area contributed by atoms with Crippen LogP contribution in [0.2, 0.25) is 0 Å². The molecule has 3 aromatic rings. The number of thioether (sulfide) groups is 1. The Labute approximate surface area is 154 Å². The molecular weight excluding hydrogens is 352 g/mol. The summed E-state index contributed by atoms with van der Waals surface area (Å²) in [5.41, 5.74) is 6.15. The minimum absolute atomic E-state index is 0.121. The summed E-state index contributed by atoms with van der Waals surface area (Å²) < 4.78 is 13.7. The van der Waals surface area contributed by atoms with Crippen LogP contribution in [0.5, 0.6) is 11.5 Å². The van der Waals surface area contributed by atoms with Crippen molar-refractivity contribution in [2.24, 2.45) is 5.73 Å². The topological polar surface area (TPSA) is 92.3 Å². The average molecular weight is 368 g/mol. The van der Waals surface area contributed by atoms with Crippen LogP contribution in [0.15, 0.2) is 59.8 Å². The standard InChI is InChI=1S/C18H16N4O3S/c19-16(23)11-26-18-21-20-17(22(18)12-6-2-1-3-7-12)15-10-24-13-8-4-5-9-14(13)25-15/h1-9,15H,10-11H2,(H2,19,23)/t15-/m1/s1. The van der Waals surface area contributed by atoms with Crippen molar-refractivity contribution in [3.8, 4) is 17.2 Å². The highest BCUT2D eigenvalue weighted by atomic mass is 32.2. The van der Waals surface area contributed by atoms with E-state index in [4.69, 9.17) is 15.2 Å². The minimum atomic E-state index is -0.416. The van der Waals surface area contributed by atoms with Gasteiger partial charge in [-0.2, -0.15) is 0 Å². The Morgan fingerprint density at radius 1 is 1.12 bits per heavy atom. The summed E-state index contributed by atoms with van der Waals surface area (Å²) in [6, 6.07) is 17.2. The van der Waals surface area contributed by atoms with E-state index in [0.29, 0.717) is 29.1 Å². The lowest BCUT2D eigenvalue weighted by Crippen LogP contribution is -2.24. The van der Waals surface area contributed by atoms with Gasteiger partial charge in [0.1, 0.15) is 6.61 Å². The van der Waals surface area contributed by atoms with Gasteiger partial charge in [-0.25, -0.2) is 0 Å². The van der Waals surface area contributed by atoms with Gasteiger partial charge in [0.05, 0.1) is 5.75 Å². The number of amides is 1. The van der Waals surface area contributed by atoms with Crippen LogP contribution in [0, 0.1) is 0 Å². The molecule has 1 aliphatic heterocycles. The van der Waals surface area contributed by atoms with Crippen molar-refractivity contribution in [2.45, 2.75) is 11.3 Å². The molecule has 0 spiro atoms. The van der Waals surface area contributed by atoms with Gasteiger partial charge in [0.15, 0.2) is 28.6 Å². The predicted molar refractivity (Wildman–Crippen MR) is 96.6 cm³/mol. The zero-order valence-corrected chi connectivity index (χ0v) is 14.6. The van der Waals surface area contributed by atoms with E-state index in [2.05, 4.69) is 10.2 Å². The van der Waals surface area contributed by atoms with E-state index in [9.17, 15) is 4.79 Å². The van der Waals surface area contributed by atoms with E-state index in [1.165, 1.54) is 11.8 Å². The lowest BCUT2D eigenvalue weighted by atomic mass is 10.2. The highest BCUT2D eigenvalue weighted by molar-refractivity contribution is 7.99. The minimum Gasteiger partial charge on any atom is -0.485 e. The van der Waals surface area contributed by atoms with Crippen molar-refractivity contribution in [2.75, 3.05) is 12.4 Å². The molecule has 1 aliphatic rings. The molecule has 1 atom stereocenters. The van der Waals surface area contributed by atoms with Gasteiger partial charge in [0.25, 0.3) is 0 Å². The fourth-order valence-corrected chi connectivity index (χ4v) is 3.38. The van der Waals surface area contributed by atoms with Gasteiger partial charge in [-0.15, -0.1) is 10.2 Å². The van der Waals surface area contributed by atoms with Gasteiger partial charge in [0, 0.05) is 5.69 Å². The first-order valence-electron chi connectivity index (χ1n) is 8.02.